The van der Waals surface area contributed by atoms with Crippen LogP contribution in [0.25, 0.3) is 0 Å². The van der Waals surface area contributed by atoms with Gasteiger partial charge in [0.05, 0.1) is 5.92 Å². The Morgan fingerprint density at radius 3 is 1.69 bits per heavy atom. The fraction of sp³-hybridized carbons (Fsp3) is 0.727. The van der Waals surface area contributed by atoms with Crippen molar-refractivity contribution in [3.05, 3.63) is 29.8 Å². The topological polar surface area (TPSA) is 84.5 Å². The lowest BCUT2D eigenvalue weighted by Gasteiger charge is -2.27. The Balaban J connectivity index is 1.32. The van der Waals surface area contributed by atoms with Crippen molar-refractivity contribution < 1.29 is 19.1 Å². The zero-order valence-electron chi connectivity index (χ0n) is 24.5. The molecule has 6 heteroatoms. The van der Waals surface area contributed by atoms with Crippen LogP contribution in [0.1, 0.15) is 140 Å². The van der Waals surface area contributed by atoms with Crippen LogP contribution < -0.4 is 15.6 Å². The summed E-state index contributed by atoms with van der Waals surface area (Å²) >= 11 is 0. The summed E-state index contributed by atoms with van der Waals surface area (Å²) < 4.78 is 5.62. The molecular weight excluding hydrogens is 488 g/mol. The highest BCUT2D eigenvalue weighted by Crippen LogP contribution is 2.34. The van der Waals surface area contributed by atoms with Gasteiger partial charge in [-0.15, -0.1) is 0 Å². The monoisotopic (exact) mass is 540 g/mol. The van der Waals surface area contributed by atoms with Crippen molar-refractivity contribution in [3.63, 3.8) is 0 Å². The third kappa shape index (κ3) is 11.0. The fourth-order valence-corrected chi connectivity index (χ4v) is 6.29. The zero-order chi connectivity index (χ0) is 27.9. The SMILES string of the molecule is CCCCCCC1CCC(C(=O)NNC(=O)c2ccc(OC(=O)C3CCC(CCCCCC)CC3)cc2)CC1. The molecule has 1 aromatic carbocycles. The van der Waals surface area contributed by atoms with E-state index in [-0.39, 0.29) is 29.6 Å². The van der Waals surface area contributed by atoms with Gasteiger partial charge in [-0.05, 0) is 87.5 Å². The van der Waals surface area contributed by atoms with Crippen LogP contribution in [-0.2, 0) is 9.59 Å². The van der Waals surface area contributed by atoms with Gasteiger partial charge in [-0.25, -0.2) is 0 Å². The van der Waals surface area contributed by atoms with Crippen LogP contribution in [0.2, 0.25) is 0 Å². The number of carbonyl (C=O) groups excluding carboxylic acids is 3. The maximum absolute atomic E-state index is 12.7. The number of amides is 2. The van der Waals surface area contributed by atoms with E-state index in [1.165, 1.54) is 64.2 Å². The van der Waals surface area contributed by atoms with E-state index in [9.17, 15) is 14.4 Å². The van der Waals surface area contributed by atoms with Crippen molar-refractivity contribution in [3.8, 4) is 5.75 Å². The fourth-order valence-electron chi connectivity index (χ4n) is 6.29. The van der Waals surface area contributed by atoms with Crippen molar-refractivity contribution in [2.24, 2.45) is 23.7 Å². The van der Waals surface area contributed by atoms with Gasteiger partial charge in [-0.3, -0.25) is 25.2 Å². The minimum absolute atomic E-state index is 0.0323. The Bertz CT molecular complexity index is 868. The molecule has 2 fully saturated rings. The molecular formula is C33H52N2O4. The molecule has 0 radical (unpaired) electrons. The molecule has 3 rings (SSSR count). The molecule has 1 aromatic rings. The summed E-state index contributed by atoms with van der Waals surface area (Å²) in [6, 6.07) is 6.55. The third-order valence-electron chi connectivity index (χ3n) is 8.96. The summed E-state index contributed by atoms with van der Waals surface area (Å²) in [4.78, 5) is 37.8. The molecule has 0 saturated heterocycles. The predicted octanol–water partition coefficient (Wildman–Crippen LogP) is 7.91. The smallest absolute Gasteiger partial charge is 0.314 e. The van der Waals surface area contributed by atoms with Crippen LogP contribution in [0, 0.1) is 23.7 Å². The number of ether oxygens (including phenoxy) is 1. The van der Waals surface area contributed by atoms with Gasteiger partial charge in [0, 0.05) is 11.5 Å². The molecule has 2 aliphatic carbocycles. The molecule has 0 aliphatic heterocycles. The first-order valence-electron chi connectivity index (χ1n) is 15.9. The van der Waals surface area contributed by atoms with Crippen molar-refractivity contribution in [2.45, 2.75) is 129 Å². The summed E-state index contributed by atoms with van der Waals surface area (Å²) in [5.74, 6) is 1.23. The number of carbonyl (C=O) groups is 3. The Morgan fingerprint density at radius 1 is 0.667 bits per heavy atom. The quantitative estimate of drug-likeness (QED) is 0.109. The van der Waals surface area contributed by atoms with Gasteiger partial charge >= 0.3 is 5.97 Å². The van der Waals surface area contributed by atoms with Gasteiger partial charge in [-0.2, -0.15) is 0 Å². The molecule has 218 valence electrons. The summed E-state index contributed by atoms with van der Waals surface area (Å²) in [5, 5.41) is 0. The molecule has 2 N–H and O–H groups in total. The van der Waals surface area contributed by atoms with Crippen LogP contribution in [0.5, 0.6) is 5.75 Å². The average Bonchev–Trinajstić information content (AvgIpc) is 2.97. The van der Waals surface area contributed by atoms with Crippen LogP contribution >= 0.6 is 0 Å². The van der Waals surface area contributed by atoms with E-state index < -0.39 is 0 Å². The van der Waals surface area contributed by atoms with Crippen molar-refractivity contribution in [1.29, 1.82) is 0 Å². The van der Waals surface area contributed by atoms with Gasteiger partial charge in [0.25, 0.3) is 5.91 Å². The number of hydrazine groups is 1. The van der Waals surface area contributed by atoms with Crippen molar-refractivity contribution in [1.82, 2.24) is 10.9 Å². The lowest BCUT2D eigenvalue weighted by molar-refractivity contribution is -0.140. The number of nitrogens with one attached hydrogen (secondary N) is 2. The number of rotatable bonds is 14. The predicted molar refractivity (Wildman–Crippen MR) is 156 cm³/mol. The normalized spacial score (nSPS) is 23.1. The highest BCUT2D eigenvalue weighted by Gasteiger charge is 2.28. The average molecular weight is 541 g/mol. The molecule has 0 unspecified atom stereocenters. The third-order valence-corrected chi connectivity index (χ3v) is 8.96. The Kier molecular flexibility index (Phi) is 13.9. The maximum Gasteiger partial charge on any atom is 0.314 e. The Labute approximate surface area is 236 Å². The van der Waals surface area contributed by atoms with Crippen molar-refractivity contribution in [2.75, 3.05) is 0 Å². The van der Waals surface area contributed by atoms with E-state index in [0.717, 1.165) is 63.2 Å². The minimum atomic E-state index is -0.372. The van der Waals surface area contributed by atoms with Crippen LogP contribution in [-0.4, -0.2) is 17.8 Å². The Hall–Kier alpha value is -2.37. The van der Waals surface area contributed by atoms with E-state index in [2.05, 4.69) is 24.7 Å². The van der Waals surface area contributed by atoms with Gasteiger partial charge in [0.2, 0.25) is 5.91 Å². The molecule has 2 aliphatic rings. The van der Waals surface area contributed by atoms with E-state index in [1.807, 2.05) is 0 Å². The van der Waals surface area contributed by atoms with Crippen LogP contribution in [0.15, 0.2) is 24.3 Å². The summed E-state index contributed by atoms with van der Waals surface area (Å²) in [6.45, 7) is 4.47. The zero-order valence-corrected chi connectivity index (χ0v) is 24.5. The van der Waals surface area contributed by atoms with E-state index in [4.69, 9.17) is 4.74 Å². The second kappa shape index (κ2) is 17.3. The number of benzene rings is 1. The lowest BCUT2D eigenvalue weighted by Crippen LogP contribution is -2.45. The number of hydrogen-bond acceptors (Lipinski definition) is 4. The summed E-state index contributed by atoms with van der Waals surface area (Å²) in [6.07, 6.45) is 20.9. The molecule has 2 saturated carbocycles. The molecule has 0 heterocycles. The maximum atomic E-state index is 12.7. The van der Waals surface area contributed by atoms with Gasteiger partial charge < -0.3 is 4.74 Å². The molecule has 0 spiro atoms. The molecule has 0 atom stereocenters. The molecule has 0 aromatic heterocycles. The van der Waals surface area contributed by atoms with E-state index in [0.29, 0.717) is 11.3 Å². The number of unbranched alkanes of at least 4 members (excludes halogenated alkanes) is 6. The largest absolute Gasteiger partial charge is 0.426 e. The lowest BCUT2D eigenvalue weighted by atomic mass is 9.79. The molecule has 39 heavy (non-hydrogen) atoms. The summed E-state index contributed by atoms with van der Waals surface area (Å²) in [5.41, 5.74) is 5.57. The second-order valence-corrected chi connectivity index (χ2v) is 12.0. The van der Waals surface area contributed by atoms with E-state index in [1.54, 1.807) is 24.3 Å². The minimum Gasteiger partial charge on any atom is -0.426 e. The first-order chi connectivity index (χ1) is 19.0. The number of esters is 1. The van der Waals surface area contributed by atoms with Gasteiger partial charge in [0.1, 0.15) is 5.75 Å². The first kappa shape index (κ1) is 31.2. The second-order valence-electron chi connectivity index (χ2n) is 12.0. The van der Waals surface area contributed by atoms with Gasteiger partial charge in [0.15, 0.2) is 0 Å². The van der Waals surface area contributed by atoms with Crippen LogP contribution in [0.4, 0.5) is 0 Å². The number of hydrogen-bond donors (Lipinski definition) is 2. The highest BCUT2D eigenvalue weighted by atomic mass is 16.5. The summed E-state index contributed by atoms with van der Waals surface area (Å²) in [7, 11) is 0. The van der Waals surface area contributed by atoms with Crippen LogP contribution in [0.3, 0.4) is 0 Å². The first-order valence-corrected chi connectivity index (χ1v) is 15.9. The van der Waals surface area contributed by atoms with Gasteiger partial charge in [-0.1, -0.05) is 78.1 Å². The standard InChI is InChI=1S/C33H52N2O4/c1-3-5-7-9-11-25-13-17-27(18-14-25)31(36)34-35-32(37)28-21-23-30(24-22-28)39-33(38)29-19-15-26(16-20-29)12-10-8-6-4-2/h21-27,29H,3-20H2,1-2H3,(H,34,36)(H,35,37). The van der Waals surface area contributed by atoms with Crippen molar-refractivity contribution >= 4 is 17.8 Å². The molecule has 0 bridgehead atoms. The Morgan fingerprint density at radius 2 is 1.18 bits per heavy atom. The molecule has 6 nitrogen and oxygen atoms in total. The molecule has 2 amide bonds. The highest BCUT2D eigenvalue weighted by molar-refractivity contribution is 5.95. The van der Waals surface area contributed by atoms with E-state index >= 15 is 0 Å².